The van der Waals surface area contributed by atoms with Gasteiger partial charge in [0.2, 0.25) is 0 Å². The molecule has 3 nitrogen and oxygen atoms in total. The highest BCUT2D eigenvalue weighted by Crippen LogP contribution is 2.18. The van der Waals surface area contributed by atoms with Crippen molar-refractivity contribution < 1.29 is 9.53 Å². The van der Waals surface area contributed by atoms with Crippen molar-refractivity contribution >= 4 is 5.97 Å². The molecule has 0 aromatic rings. The van der Waals surface area contributed by atoms with Crippen LogP contribution in [0.25, 0.3) is 0 Å². The SMILES string of the molecule is C#CCCN1CCCCC1C(=O)OCC. The Morgan fingerprint density at radius 3 is 3.07 bits per heavy atom. The van der Waals surface area contributed by atoms with E-state index in [9.17, 15) is 4.79 Å². The van der Waals surface area contributed by atoms with Crippen LogP contribution in [0, 0.1) is 12.3 Å². The van der Waals surface area contributed by atoms with Gasteiger partial charge in [0.05, 0.1) is 6.61 Å². The van der Waals surface area contributed by atoms with Crippen LogP contribution in [0.5, 0.6) is 0 Å². The van der Waals surface area contributed by atoms with Gasteiger partial charge in [-0.3, -0.25) is 9.69 Å². The number of hydrogen-bond acceptors (Lipinski definition) is 3. The minimum atomic E-state index is -0.0887. The first-order chi connectivity index (χ1) is 7.29. The molecule has 1 aliphatic rings. The summed E-state index contributed by atoms with van der Waals surface area (Å²) in [5.74, 6) is 2.52. The van der Waals surface area contributed by atoms with Crippen molar-refractivity contribution in [2.24, 2.45) is 0 Å². The molecule has 0 aromatic heterocycles. The van der Waals surface area contributed by atoms with E-state index < -0.39 is 0 Å². The normalized spacial score (nSPS) is 22.0. The monoisotopic (exact) mass is 209 g/mol. The van der Waals surface area contributed by atoms with E-state index in [0.29, 0.717) is 13.0 Å². The smallest absolute Gasteiger partial charge is 0.323 e. The van der Waals surface area contributed by atoms with Gasteiger partial charge in [0.15, 0.2) is 0 Å². The van der Waals surface area contributed by atoms with Crippen LogP contribution < -0.4 is 0 Å². The summed E-state index contributed by atoms with van der Waals surface area (Å²) < 4.78 is 5.06. The molecule has 15 heavy (non-hydrogen) atoms. The zero-order valence-electron chi connectivity index (χ0n) is 9.37. The molecule has 1 saturated heterocycles. The summed E-state index contributed by atoms with van der Waals surface area (Å²) in [7, 11) is 0. The van der Waals surface area contributed by atoms with E-state index in [4.69, 9.17) is 11.2 Å². The second-order valence-corrected chi connectivity index (χ2v) is 3.75. The Kier molecular flexibility index (Phi) is 5.20. The molecule has 0 spiro atoms. The zero-order valence-corrected chi connectivity index (χ0v) is 9.37. The minimum Gasteiger partial charge on any atom is -0.465 e. The molecule has 1 rings (SSSR count). The predicted octanol–water partition coefficient (Wildman–Crippen LogP) is 1.43. The number of likely N-dealkylation sites (tertiary alicyclic amines) is 1. The van der Waals surface area contributed by atoms with Crippen LogP contribution >= 0.6 is 0 Å². The number of nitrogens with zero attached hydrogens (tertiary/aromatic N) is 1. The summed E-state index contributed by atoms with van der Waals surface area (Å²) in [6.45, 7) is 4.07. The Morgan fingerprint density at radius 1 is 1.60 bits per heavy atom. The van der Waals surface area contributed by atoms with Gasteiger partial charge in [-0.25, -0.2) is 0 Å². The summed E-state index contributed by atoms with van der Waals surface area (Å²) in [4.78, 5) is 13.8. The van der Waals surface area contributed by atoms with Crippen LogP contribution in [0.2, 0.25) is 0 Å². The number of ether oxygens (including phenoxy) is 1. The van der Waals surface area contributed by atoms with Crippen LogP contribution in [0.1, 0.15) is 32.6 Å². The predicted molar refractivity (Wildman–Crippen MR) is 59.3 cm³/mol. The summed E-state index contributed by atoms with van der Waals surface area (Å²) in [5, 5.41) is 0. The van der Waals surface area contributed by atoms with Crippen LogP contribution in [0.15, 0.2) is 0 Å². The first-order valence-electron chi connectivity index (χ1n) is 5.63. The lowest BCUT2D eigenvalue weighted by molar-refractivity contribution is -0.150. The van der Waals surface area contributed by atoms with Gasteiger partial charge in [-0.1, -0.05) is 6.42 Å². The maximum absolute atomic E-state index is 11.7. The minimum absolute atomic E-state index is 0.0629. The maximum atomic E-state index is 11.7. The molecule has 0 aliphatic carbocycles. The summed E-state index contributed by atoms with van der Waals surface area (Å²) in [5.41, 5.74) is 0. The third-order valence-electron chi connectivity index (χ3n) is 2.72. The first-order valence-corrected chi connectivity index (χ1v) is 5.63. The van der Waals surface area contributed by atoms with E-state index in [1.165, 1.54) is 0 Å². The molecular formula is C12H19NO2. The summed E-state index contributed by atoms with van der Waals surface area (Å²) in [6, 6.07) is -0.0629. The molecule has 0 bridgehead atoms. The highest BCUT2D eigenvalue weighted by Gasteiger charge is 2.28. The van der Waals surface area contributed by atoms with Gasteiger partial charge in [-0.05, 0) is 26.3 Å². The van der Waals surface area contributed by atoms with E-state index in [1.54, 1.807) is 0 Å². The molecule has 1 aliphatic heterocycles. The molecule has 0 aromatic carbocycles. The Balaban J connectivity index is 2.49. The number of carbonyl (C=O) groups is 1. The van der Waals surface area contributed by atoms with Gasteiger partial charge in [0, 0.05) is 13.0 Å². The molecule has 1 atom stereocenters. The molecule has 3 heteroatoms. The van der Waals surface area contributed by atoms with E-state index in [0.717, 1.165) is 32.4 Å². The summed E-state index contributed by atoms with van der Waals surface area (Å²) >= 11 is 0. The van der Waals surface area contributed by atoms with Crippen LogP contribution in [-0.2, 0) is 9.53 Å². The highest BCUT2D eigenvalue weighted by molar-refractivity contribution is 5.75. The van der Waals surface area contributed by atoms with Crippen LogP contribution in [0.4, 0.5) is 0 Å². The standard InChI is InChI=1S/C12H19NO2/c1-3-5-9-13-10-7-6-8-11(13)12(14)15-4-2/h1,11H,4-10H2,2H3. The number of esters is 1. The quantitative estimate of drug-likeness (QED) is 0.518. The van der Waals surface area contributed by atoms with Gasteiger partial charge in [-0.2, -0.15) is 0 Å². The van der Waals surface area contributed by atoms with E-state index in [2.05, 4.69) is 10.8 Å². The largest absolute Gasteiger partial charge is 0.465 e. The zero-order chi connectivity index (χ0) is 11.1. The third kappa shape index (κ3) is 3.56. The van der Waals surface area contributed by atoms with Gasteiger partial charge in [-0.15, -0.1) is 12.3 Å². The number of terminal acetylenes is 1. The van der Waals surface area contributed by atoms with Crippen molar-refractivity contribution in [1.29, 1.82) is 0 Å². The molecule has 84 valence electrons. The fourth-order valence-corrected chi connectivity index (χ4v) is 1.97. The van der Waals surface area contributed by atoms with E-state index >= 15 is 0 Å². The van der Waals surface area contributed by atoms with Crippen molar-refractivity contribution in [2.75, 3.05) is 19.7 Å². The molecule has 1 fully saturated rings. The first kappa shape index (κ1) is 12.1. The molecule has 0 saturated carbocycles. The second kappa shape index (κ2) is 6.47. The van der Waals surface area contributed by atoms with Crippen molar-refractivity contribution in [1.82, 2.24) is 4.90 Å². The Labute approximate surface area is 91.8 Å². The Bertz CT molecular complexity index is 244. The second-order valence-electron chi connectivity index (χ2n) is 3.75. The van der Waals surface area contributed by atoms with Crippen molar-refractivity contribution in [3.05, 3.63) is 0 Å². The number of carbonyl (C=O) groups excluding carboxylic acids is 1. The van der Waals surface area contributed by atoms with E-state index in [-0.39, 0.29) is 12.0 Å². The van der Waals surface area contributed by atoms with E-state index in [1.807, 2.05) is 6.92 Å². The Morgan fingerprint density at radius 2 is 2.40 bits per heavy atom. The van der Waals surface area contributed by atoms with Crippen molar-refractivity contribution in [3.8, 4) is 12.3 Å². The van der Waals surface area contributed by atoms with Gasteiger partial charge in [0.1, 0.15) is 6.04 Å². The lowest BCUT2D eigenvalue weighted by Crippen LogP contribution is -2.45. The van der Waals surface area contributed by atoms with Crippen LogP contribution in [0.3, 0.4) is 0 Å². The molecule has 0 N–H and O–H groups in total. The third-order valence-corrected chi connectivity index (χ3v) is 2.72. The fraction of sp³-hybridized carbons (Fsp3) is 0.750. The van der Waals surface area contributed by atoms with Crippen molar-refractivity contribution in [2.45, 2.75) is 38.6 Å². The van der Waals surface area contributed by atoms with Crippen molar-refractivity contribution in [3.63, 3.8) is 0 Å². The molecule has 1 unspecified atom stereocenters. The Hall–Kier alpha value is -1.01. The summed E-state index contributed by atoms with van der Waals surface area (Å²) in [6.07, 6.45) is 9.10. The lowest BCUT2D eigenvalue weighted by atomic mass is 10.0. The average Bonchev–Trinajstić information content (AvgIpc) is 2.27. The van der Waals surface area contributed by atoms with Crippen LogP contribution in [-0.4, -0.2) is 36.6 Å². The average molecular weight is 209 g/mol. The lowest BCUT2D eigenvalue weighted by Gasteiger charge is -2.33. The molecule has 1 heterocycles. The van der Waals surface area contributed by atoms with Gasteiger partial charge >= 0.3 is 5.97 Å². The molecule has 0 radical (unpaired) electrons. The molecular weight excluding hydrogens is 190 g/mol. The van der Waals surface area contributed by atoms with Gasteiger partial charge < -0.3 is 4.74 Å². The highest BCUT2D eigenvalue weighted by atomic mass is 16.5. The topological polar surface area (TPSA) is 29.5 Å². The fourth-order valence-electron chi connectivity index (χ4n) is 1.97. The van der Waals surface area contributed by atoms with Gasteiger partial charge in [0.25, 0.3) is 0 Å². The number of rotatable bonds is 4. The maximum Gasteiger partial charge on any atom is 0.323 e. The molecule has 0 amide bonds. The number of hydrogen-bond donors (Lipinski definition) is 0. The number of piperidine rings is 1.